The van der Waals surface area contributed by atoms with Crippen molar-refractivity contribution in [2.24, 2.45) is 5.73 Å². The molecule has 0 radical (unpaired) electrons. The first kappa shape index (κ1) is 10.7. The predicted octanol–water partition coefficient (Wildman–Crippen LogP) is 0.473. The number of hydrogen-bond donors (Lipinski definition) is 3. The number of aliphatic hydroxyl groups excluding tert-OH is 1. The lowest BCUT2D eigenvalue weighted by Crippen LogP contribution is -2.18. The Balaban J connectivity index is 3.02. The van der Waals surface area contributed by atoms with Crippen LogP contribution < -0.4 is 5.73 Å². The zero-order valence-corrected chi connectivity index (χ0v) is 7.90. The molecule has 0 fully saturated rings. The largest absolute Gasteiger partial charge is 0.508 e. The van der Waals surface area contributed by atoms with Crippen LogP contribution in [0.3, 0.4) is 0 Å². The molecule has 0 amide bonds. The lowest BCUT2D eigenvalue weighted by Gasteiger charge is -2.09. The third-order valence-electron chi connectivity index (χ3n) is 2.08. The normalized spacial score (nSPS) is 12.5. The minimum Gasteiger partial charge on any atom is -0.508 e. The minimum absolute atomic E-state index is 0.0401. The Morgan fingerprint density at radius 3 is 2.64 bits per heavy atom. The Bertz CT molecular complexity index is 349. The third kappa shape index (κ3) is 2.10. The summed E-state index contributed by atoms with van der Waals surface area (Å²) in [6.45, 7) is 1.16. The monoisotopic (exact) mass is 195 g/mol. The number of rotatable bonds is 3. The Hall–Kier alpha value is -1.39. The molecule has 0 aliphatic rings. The van der Waals surface area contributed by atoms with E-state index in [1.54, 1.807) is 12.1 Å². The molecule has 1 aromatic carbocycles. The Morgan fingerprint density at radius 1 is 1.57 bits per heavy atom. The molecule has 0 aromatic heterocycles. The van der Waals surface area contributed by atoms with Gasteiger partial charge in [0.15, 0.2) is 5.78 Å². The summed E-state index contributed by atoms with van der Waals surface area (Å²) in [6.07, 6.45) is 0. The molecule has 0 aliphatic carbocycles. The first-order valence-corrected chi connectivity index (χ1v) is 4.25. The van der Waals surface area contributed by atoms with Crippen LogP contribution in [0.25, 0.3) is 0 Å². The van der Waals surface area contributed by atoms with E-state index in [0.717, 1.165) is 0 Å². The molecule has 76 valence electrons. The molecule has 4 heteroatoms. The number of aliphatic hydroxyl groups is 1. The molecular formula is C10H13NO3. The molecule has 0 saturated heterocycles. The van der Waals surface area contributed by atoms with Gasteiger partial charge in [0.1, 0.15) is 5.75 Å². The Kier molecular flexibility index (Phi) is 3.22. The van der Waals surface area contributed by atoms with Gasteiger partial charge in [0.2, 0.25) is 0 Å². The summed E-state index contributed by atoms with van der Waals surface area (Å²) in [4.78, 5) is 11.0. The predicted molar refractivity (Wildman–Crippen MR) is 51.6 cm³/mol. The summed E-state index contributed by atoms with van der Waals surface area (Å²) in [6, 6.07) is 3.86. The van der Waals surface area contributed by atoms with Gasteiger partial charge in [-0.1, -0.05) is 12.1 Å². The Labute approximate surface area is 82.0 Å². The van der Waals surface area contributed by atoms with Gasteiger partial charge in [-0.2, -0.15) is 0 Å². The maximum Gasteiger partial charge on any atom is 0.150 e. The van der Waals surface area contributed by atoms with Crippen LogP contribution in [-0.2, 0) is 11.4 Å². The number of carbonyl (C=O) groups excluding carboxylic acids is 1. The van der Waals surface area contributed by atoms with Crippen molar-refractivity contribution in [1.82, 2.24) is 0 Å². The fourth-order valence-electron chi connectivity index (χ4n) is 1.14. The highest BCUT2D eigenvalue weighted by molar-refractivity contribution is 5.82. The molecule has 1 aromatic rings. The van der Waals surface area contributed by atoms with Crippen LogP contribution in [0.2, 0.25) is 0 Å². The molecular weight excluding hydrogens is 182 g/mol. The van der Waals surface area contributed by atoms with Crippen LogP contribution in [0.15, 0.2) is 18.2 Å². The number of hydrogen-bond acceptors (Lipinski definition) is 4. The molecule has 0 heterocycles. The molecule has 1 rings (SSSR count). The van der Waals surface area contributed by atoms with Gasteiger partial charge in [0.25, 0.3) is 0 Å². The summed E-state index contributed by atoms with van der Waals surface area (Å²) in [7, 11) is 0. The van der Waals surface area contributed by atoms with Gasteiger partial charge in [-0.15, -0.1) is 0 Å². The smallest absolute Gasteiger partial charge is 0.150 e. The van der Waals surface area contributed by atoms with Gasteiger partial charge in [0, 0.05) is 5.56 Å². The van der Waals surface area contributed by atoms with Gasteiger partial charge in [-0.05, 0) is 18.6 Å². The van der Waals surface area contributed by atoms with E-state index >= 15 is 0 Å². The lowest BCUT2D eigenvalue weighted by atomic mass is 10.0. The van der Waals surface area contributed by atoms with E-state index < -0.39 is 6.04 Å². The SMILES string of the molecule is CC(=O)C(N)c1ccc(CO)c(O)c1. The number of benzene rings is 1. The van der Waals surface area contributed by atoms with Crippen molar-refractivity contribution in [3.8, 4) is 5.75 Å². The first-order chi connectivity index (χ1) is 6.56. The second-order valence-corrected chi connectivity index (χ2v) is 3.13. The van der Waals surface area contributed by atoms with Crippen molar-refractivity contribution in [1.29, 1.82) is 0 Å². The molecule has 1 unspecified atom stereocenters. The molecule has 0 spiro atoms. The zero-order chi connectivity index (χ0) is 10.7. The fourth-order valence-corrected chi connectivity index (χ4v) is 1.14. The number of aromatic hydroxyl groups is 1. The van der Waals surface area contributed by atoms with Gasteiger partial charge in [-0.3, -0.25) is 4.79 Å². The number of ketones is 1. The summed E-state index contributed by atoms with van der Waals surface area (Å²) in [5.74, 6) is -0.206. The minimum atomic E-state index is -0.714. The lowest BCUT2D eigenvalue weighted by molar-refractivity contribution is -0.118. The quantitative estimate of drug-likeness (QED) is 0.654. The zero-order valence-electron chi connectivity index (χ0n) is 7.90. The molecule has 4 nitrogen and oxygen atoms in total. The molecule has 0 aliphatic heterocycles. The highest BCUT2D eigenvalue weighted by atomic mass is 16.3. The van der Waals surface area contributed by atoms with E-state index in [-0.39, 0.29) is 18.1 Å². The van der Waals surface area contributed by atoms with E-state index in [9.17, 15) is 9.90 Å². The van der Waals surface area contributed by atoms with Crippen LogP contribution >= 0.6 is 0 Å². The van der Waals surface area contributed by atoms with Crippen LogP contribution in [0.4, 0.5) is 0 Å². The number of carbonyl (C=O) groups is 1. The number of phenols is 1. The fraction of sp³-hybridized carbons (Fsp3) is 0.300. The first-order valence-electron chi connectivity index (χ1n) is 4.25. The average molecular weight is 195 g/mol. The van der Waals surface area contributed by atoms with Crippen LogP contribution in [0.5, 0.6) is 5.75 Å². The van der Waals surface area contributed by atoms with E-state index in [1.165, 1.54) is 13.0 Å². The average Bonchev–Trinajstić information content (AvgIpc) is 2.16. The van der Waals surface area contributed by atoms with Gasteiger partial charge in [0.05, 0.1) is 12.6 Å². The van der Waals surface area contributed by atoms with E-state index in [0.29, 0.717) is 11.1 Å². The van der Waals surface area contributed by atoms with Crippen molar-refractivity contribution in [3.63, 3.8) is 0 Å². The summed E-state index contributed by atoms with van der Waals surface area (Å²) >= 11 is 0. The number of Topliss-reactive ketones (excluding diaryl/α,β-unsaturated/α-hetero) is 1. The molecule has 1 atom stereocenters. The van der Waals surface area contributed by atoms with Crippen LogP contribution in [0, 0.1) is 0 Å². The van der Waals surface area contributed by atoms with E-state index in [2.05, 4.69) is 0 Å². The molecule has 0 bridgehead atoms. The Morgan fingerprint density at radius 2 is 2.21 bits per heavy atom. The highest BCUT2D eigenvalue weighted by Gasteiger charge is 2.12. The molecule has 0 saturated carbocycles. The van der Waals surface area contributed by atoms with Crippen molar-refractivity contribution < 1.29 is 15.0 Å². The van der Waals surface area contributed by atoms with Gasteiger partial charge in [-0.25, -0.2) is 0 Å². The molecule has 14 heavy (non-hydrogen) atoms. The third-order valence-corrected chi connectivity index (χ3v) is 2.08. The van der Waals surface area contributed by atoms with E-state index in [1.807, 2.05) is 0 Å². The van der Waals surface area contributed by atoms with Gasteiger partial charge < -0.3 is 15.9 Å². The standard InChI is InChI=1S/C10H13NO3/c1-6(13)10(11)7-2-3-8(5-12)9(14)4-7/h2-4,10,12,14H,5,11H2,1H3. The van der Waals surface area contributed by atoms with Crippen molar-refractivity contribution in [2.45, 2.75) is 19.6 Å². The maximum atomic E-state index is 11.0. The summed E-state index contributed by atoms with van der Waals surface area (Å²) in [5, 5.41) is 18.2. The highest BCUT2D eigenvalue weighted by Crippen LogP contribution is 2.22. The van der Waals surface area contributed by atoms with Crippen LogP contribution in [-0.4, -0.2) is 16.0 Å². The van der Waals surface area contributed by atoms with E-state index in [4.69, 9.17) is 10.8 Å². The second-order valence-electron chi connectivity index (χ2n) is 3.13. The topological polar surface area (TPSA) is 83.6 Å². The second kappa shape index (κ2) is 4.21. The summed E-state index contributed by atoms with van der Waals surface area (Å²) in [5.41, 5.74) is 6.54. The molecule has 4 N–H and O–H groups in total. The summed E-state index contributed by atoms with van der Waals surface area (Å²) < 4.78 is 0. The number of nitrogens with two attached hydrogens (primary N) is 1. The van der Waals surface area contributed by atoms with Crippen LogP contribution in [0.1, 0.15) is 24.1 Å². The van der Waals surface area contributed by atoms with Gasteiger partial charge >= 0.3 is 0 Å². The van der Waals surface area contributed by atoms with Crippen molar-refractivity contribution >= 4 is 5.78 Å². The van der Waals surface area contributed by atoms with Crippen molar-refractivity contribution in [2.75, 3.05) is 0 Å². The maximum absolute atomic E-state index is 11.0. The van der Waals surface area contributed by atoms with Crippen molar-refractivity contribution in [3.05, 3.63) is 29.3 Å².